The minimum atomic E-state index is -3.73. The Bertz CT molecular complexity index is 1200. The monoisotopic (exact) mass is 494 g/mol. The van der Waals surface area contributed by atoms with Gasteiger partial charge < -0.3 is 4.90 Å². The number of carbonyl (C=O) groups excluding carboxylic acids is 1. The number of nitriles is 1. The number of hydrogen-bond acceptors (Lipinski definition) is 5. The molecule has 0 saturated carbocycles. The summed E-state index contributed by atoms with van der Waals surface area (Å²) in [6.07, 6.45) is 6.89. The molecular formula is C27H34N4O3S. The average molecular weight is 495 g/mol. The lowest BCUT2D eigenvalue weighted by Gasteiger charge is -2.37. The molecule has 0 fully saturated rings. The highest BCUT2D eigenvalue weighted by Gasteiger charge is 2.33. The molecule has 0 saturated heterocycles. The van der Waals surface area contributed by atoms with E-state index in [-0.39, 0.29) is 35.1 Å². The van der Waals surface area contributed by atoms with Crippen molar-refractivity contribution >= 4 is 15.9 Å². The fourth-order valence-corrected chi connectivity index (χ4v) is 5.87. The van der Waals surface area contributed by atoms with Crippen molar-refractivity contribution in [2.45, 2.75) is 45.1 Å². The van der Waals surface area contributed by atoms with Crippen LogP contribution in [0.25, 0.3) is 0 Å². The van der Waals surface area contributed by atoms with Crippen molar-refractivity contribution in [1.82, 2.24) is 14.6 Å². The fourth-order valence-electron chi connectivity index (χ4n) is 4.75. The molecular weight excluding hydrogens is 460 g/mol. The lowest BCUT2D eigenvalue weighted by Crippen LogP contribution is -2.38. The van der Waals surface area contributed by atoms with Gasteiger partial charge in [0.15, 0.2) is 0 Å². The minimum Gasteiger partial charge on any atom is -0.341 e. The molecule has 3 atom stereocenters. The second kappa shape index (κ2) is 11.6. The van der Waals surface area contributed by atoms with Gasteiger partial charge in [0.25, 0.3) is 0 Å². The van der Waals surface area contributed by atoms with Gasteiger partial charge in [0.1, 0.15) is 0 Å². The molecule has 0 radical (unpaired) electrons. The Kier molecular flexibility index (Phi) is 8.82. The Labute approximate surface area is 208 Å². The van der Waals surface area contributed by atoms with E-state index in [9.17, 15) is 13.2 Å². The van der Waals surface area contributed by atoms with Crippen LogP contribution in [0, 0.1) is 35.0 Å². The van der Waals surface area contributed by atoms with Crippen LogP contribution in [-0.4, -0.2) is 37.8 Å². The van der Waals surface area contributed by atoms with E-state index >= 15 is 0 Å². The Balaban J connectivity index is 1.67. The smallest absolute Gasteiger partial charge is 0.240 e. The molecule has 0 spiro atoms. The van der Waals surface area contributed by atoms with Gasteiger partial charge in [-0.1, -0.05) is 37.6 Å². The SMILES string of the molecule is CC1=C[C@@H](CNS(=O)(=O)c2cccc(C#N)c2)[C@H](C(C)C)C[C@H]1CC(=O)N(C)Cc1cccnc1. The van der Waals surface area contributed by atoms with Gasteiger partial charge in [0.05, 0.1) is 16.5 Å². The van der Waals surface area contributed by atoms with E-state index in [1.807, 2.05) is 32.2 Å². The van der Waals surface area contributed by atoms with Crippen molar-refractivity contribution in [2.75, 3.05) is 13.6 Å². The summed E-state index contributed by atoms with van der Waals surface area (Å²) >= 11 is 0. The van der Waals surface area contributed by atoms with Crippen molar-refractivity contribution in [3.05, 3.63) is 71.6 Å². The van der Waals surface area contributed by atoms with Crippen molar-refractivity contribution in [3.8, 4) is 6.07 Å². The minimum absolute atomic E-state index is 0.0309. The first kappa shape index (κ1) is 26.6. The number of allylic oxidation sites excluding steroid dienone is 1. The summed E-state index contributed by atoms with van der Waals surface area (Å²) in [6, 6.07) is 11.8. The number of sulfonamides is 1. The molecule has 1 aromatic heterocycles. The molecule has 7 nitrogen and oxygen atoms in total. The molecule has 2 aromatic rings. The van der Waals surface area contributed by atoms with Crippen molar-refractivity contribution < 1.29 is 13.2 Å². The molecule has 1 aliphatic rings. The summed E-state index contributed by atoms with van der Waals surface area (Å²) in [5, 5.41) is 9.08. The molecule has 186 valence electrons. The molecule has 8 heteroatoms. The summed E-state index contributed by atoms with van der Waals surface area (Å²) < 4.78 is 28.4. The molecule has 0 aliphatic heterocycles. The third-order valence-electron chi connectivity index (χ3n) is 6.86. The van der Waals surface area contributed by atoms with Gasteiger partial charge in [-0.3, -0.25) is 9.78 Å². The third kappa shape index (κ3) is 7.00. The number of carbonyl (C=O) groups is 1. The lowest BCUT2D eigenvalue weighted by molar-refractivity contribution is -0.131. The number of pyridine rings is 1. The lowest BCUT2D eigenvalue weighted by atomic mass is 9.70. The summed E-state index contributed by atoms with van der Waals surface area (Å²) in [7, 11) is -1.91. The maximum atomic E-state index is 12.9. The third-order valence-corrected chi connectivity index (χ3v) is 8.28. The summed E-state index contributed by atoms with van der Waals surface area (Å²) in [5.74, 6) is 0.829. The van der Waals surface area contributed by atoms with Crippen LogP contribution in [-0.2, 0) is 21.4 Å². The largest absolute Gasteiger partial charge is 0.341 e. The first-order valence-corrected chi connectivity index (χ1v) is 13.4. The van der Waals surface area contributed by atoms with E-state index in [0.29, 0.717) is 24.4 Å². The number of hydrogen-bond donors (Lipinski definition) is 1. The van der Waals surface area contributed by atoms with E-state index in [1.54, 1.807) is 29.4 Å². The molecule has 0 unspecified atom stereocenters. The molecule has 1 amide bonds. The highest BCUT2D eigenvalue weighted by atomic mass is 32.2. The van der Waals surface area contributed by atoms with Crippen LogP contribution in [0.15, 0.2) is 65.3 Å². The second-order valence-corrected chi connectivity index (χ2v) is 11.5. The highest BCUT2D eigenvalue weighted by molar-refractivity contribution is 7.89. The van der Waals surface area contributed by atoms with E-state index in [4.69, 9.17) is 5.26 Å². The van der Waals surface area contributed by atoms with Crippen LogP contribution in [0.5, 0.6) is 0 Å². The number of rotatable bonds is 9. The van der Waals surface area contributed by atoms with Crippen LogP contribution in [0.2, 0.25) is 0 Å². The van der Waals surface area contributed by atoms with Crippen LogP contribution >= 0.6 is 0 Å². The average Bonchev–Trinajstić information content (AvgIpc) is 2.84. The molecule has 0 bridgehead atoms. The predicted octanol–water partition coefficient (Wildman–Crippen LogP) is 4.13. The van der Waals surface area contributed by atoms with E-state index in [1.165, 1.54) is 12.1 Å². The van der Waals surface area contributed by atoms with Crippen molar-refractivity contribution in [1.29, 1.82) is 5.26 Å². The molecule has 35 heavy (non-hydrogen) atoms. The van der Waals surface area contributed by atoms with Gasteiger partial charge in [-0.2, -0.15) is 5.26 Å². The van der Waals surface area contributed by atoms with E-state index in [0.717, 1.165) is 17.6 Å². The zero-order valence-corrected chi connectivity index (χ0v) is 21.6. The van der Waals surface area contributed by atoms with Gasteiger partial charge in [0, 0.05) is 39.0 Å². The standard InChI is InChI=1S/C27H34N4O3S/c1-19(2)26-13-23(14-27(32)31(4)18-22-8-6-10-29-16-22)20(3)11-24(26)17-30-35(33,34)25-9-5-7-21(12-25)15-28/h5-12,16,19,23-24,26,30H,13-14,17-18H2,1-4H3/t23-,24-,26-/m0/s1. The maximum absolute atomic E-state index is 12.9. The van der Waals surface area contributed by atoms with Crippen LogP contribution < -0.4 is 4.72 Å². The Morgan fingerprint density at radius 2 is 2.06 bits per heavy atom. The van der Waals surface area contributed by atoms with Gasteiger partial charge >= 0.3 is 0 Å². The number of benzene rings is 1. The van der Waals surface area contributed by atoms with E-state index < -0.39 is 10.0 Å². The predicted molar refractivity (Wildman–Crippen MR) is 135 cm³/mol. The highest BCUT2D eigenvalue weighted by Crippen LogP contribution is 2.39. The Morgan fingerprint density at radius 1 is 1.29 bits per heavy atom. The molecule has 3 rings (SSSR count). The van der Waals surface area contributed by atoms with Gasteiger partial charge in [0.2, 0.25) is 15.9 Å². The van der Waals surface area contributed by atoms with Crippen molar-refractivity contribution in [2.24, 2.45) is 23.7 Å². The molecule has 1 aromatic carbocycles. The number of nitrogens with one attached hydrogen (secondary N) is 1. The molecule has 1 N–H and O–H groups in total. The Morgan fingerprint density at radius 3 is 2.71 bits per heavy atom. The number of nitrogens with zero attached hydrogens (tertiary/aromatic N) is 3. The normalized spacial score (nSPS) is 20.2. The summed E-state index contributed by atoms with van der Waals surface area (Å²) in [5.41, 5.74) is 2.43. The zero-order valence-electron chi connectivity index (χ0n) is 20.8. The van der Waals surface area contributed by atoms with Crippen LogP contribution in [0.1, 0.15) is 44.7 Å². The van der Waals surface area contributed by atoms with Gasteiger partial charge in [-0.25, -0.2) is 13.1 Å². The van der Waals surface area contributed by atoms with Crippen molar-refractivity contribution in [3.63, 3.8) is 0 Å². The number of aromatic nitrogens is 1. The topological polar surface area (TPSA) is 103 Å². The second-order valence-electron chi connectivity index (χ2n) is 9.72. The first-order valence-electron chi connectivity index (χ1n) is 11.9. The Hall–Kier alpha value is -3.02. The van der Waals surface area contributed by atoms with Crippen LogP contribution in [0.4, 0.5) is 0 Å². The van der Waals surface area contributed by atoms with Gasteiger partial charge in [-0.05, 0) is 66.8 Å². The van der Waals surface area contributed by atoms with Gasteiger partial charge in [-0.15, -0.1) is 0 Å². The molecule has 1 heterocycles. The quantitative estimate of drug-likeness (QED) is 0.528. The summed E-state index contributed by atoms with van der Waals surface area (Å²) in [4.78, 5) is 18.9. The number of amides is 1. The summed E-state index contributed by atoms with van der Waals surface area (Å²) in [6.45, 7) is 7.12. The fraction of sp³-hybridized carbons (Fsp3) is 0.444. The van der Waals surface area contributed by atoms with Crippen LogP contribution in [0.3, 0.4) is 0 Å². The maximum Gasteiger partial charge on any atom is 0.240 e. The molecule has 1 aliphatic carbocycles. The van der Waals surface area contributed by atoms with E-state index in [2.05, 4.69) is 29.6 Å². The zero-order chi connectivity index (χ0) is 25.6. The first-order chi connectivity index (χ1) is 16.6.